The third-order valence-corrected chi connectivity index (χ3v) is 3.57. The number of rotatable bonds is 6. The Morgan fingerprint density at radius 2 is 2.21 bits per heavy atom. The third-order valence-electron chi connectivity index (χ3n) is 3.57. The quantitative estimate of drug-likeness (QED) is 0.869. The molecule has 0 saturated carbocycles. The molecule has 19 heavy (non-hydrogen) atoms. The summed E-state index contributed by atoms with van der Waals surface area (Å²) >= 11 is 0. The average Bonchev–Trinajstić information content (AvgIpc) is 2.95. The van der Waals surface area contributed by atoms with Crippen LogP contribution in [-0.2, 0) is 13.5 Å². The summed E-state index contributed by atoms with van der Waals surface area (Å²) in [6, 6.07) is 2.33. The number of nitrogens with one attached hydrogen (secondary N) is 1. The van der Waals surface area contributed by atoms with Crippen LogP contribution >= 0.6 is 0 Å². The van der Waals surface area contributed by atoms with E-state index in [1.807, 2.05) is 24.1 Å². The molecule has 0 fully saturated rings. The Morgan fingerprint density at radius 1 is 1.42 bits per heavy atom. The molecular formula is C15H23N3O. The normalized spacial score (nSPS) is 12.8. The molecule has 0 bridgehead atoms. The van der Waals surface area contributed by atoms with Crippen molar-refractivity contribution < 1.29 is 4.42 Å². The number of aryl methyl sites for hydroxylation is 2. The van der Waals surface area contributed by atoms with Gasteiger partial charge in [0, 0.05) is 24.3 Å². The lowest BCUT2D eigenvalue weighted by molar-refractivity contribution is 0.516. The number of hydrogen-bond acceptors (Lipinski definition) is 3. The Balaban J connectivity index is 2.25. The average molecular weight is 261 g/mol. The minimum Gasteiger partial charge on any atom is -0.472 e. The van der Waals surface area contributed by atoms with E-state index < -0.39 is 0 Å². The van der Waals surface area contributed by atoms with Crippen molar-refractivity contribution in [3.8, 4) is 0 Å². The molecule has 0 saturated heterocycles. The zero-order chi connectivity index (χ0) is 13.8. The van der Waals surface area contributed by atoms with Crippen molar-refractivity contribution in [1.82, 2.24) is 15.1 Å². The van der Waals surface area contributed by atoms with Crippen LogP contribution in [0.3, 0.4) is 0 Å². The number of aromatic nitrogens is 2. The number of nitrogens with zero attached hydrogens (tertiary/aromatic N) is 2. The maximum Gasteiger partial charge on any atom is 0.0935 e. The van der Waals surface area contributed by atoms with E-state index in [1.54, 1.807) is 6.26 Å². The van der Waals surface area contributed by atoms with Gasteiger partial charge in [0.25, 0.3) is 0 Å². The van der Waals surface area contributed by atoms with Crippen LogP contribution in [0.1, 0.15) is 41.9 Å². The highest BCUT2D eigenvalue weighted by molar-refractivity contribution is 5.30. The van der Waals surface area contributed by atoms with Crippen LogP contribution in [0, 0.1) is 13.8 Å². The topological polar surface area (TPSA) is 43.0 Å². The van der Waals surface area contributed by atoms with E-state index in [-0.39, 0.29) is 0 Å². The number of furan rings is 1. The van der Waals surface area contributed by atoms with E-state index in [2.05, 4.69) is 31.2 Å². The minimum absolute atomic E-state index is 0.297. The van der Waals surface area contributed by atoms with Crippen LogP contribution in [0.25, 0.3) is 0 Å². The Kier molecular flexibility index (Phi) is 4.43. The van der Waals surface area contributed by atoms with Crippen molar-refractivity contribution >= 4 is 0 Å². The molecule has 2 aromatic rings. The molecule has 0 aliphatic carbocycles. The lowest BCUT2D eigenvalue weighted by Crippen LogP contribution is -2.25. The second-order valence-corrected chi connectivity index (χ2v) is 5.05. The predicted octanol–water partition coefficient (Wildman–Crippen LogP) is 2.91. The molecule has 2 heterocycles. The van der Waals surface area contributed by atoms with Gasteiger partial charge in [-0.3, -0.25) is 4.68 Å². The highest BCUT2D eigenvalue weighted by Gasteiger charge is 2.20. The molecule has 0 spiro atoms. The summed E-state index contributed by atoms with van der Waals surface area (Å²) in [5, 5.41) is 8.15. The maximum absolute atomic E-state index is 5.17. The van der Waals surface area contributed by atoms with Crippen molar-refractivity contribution in [2.24, 2.45) is 7.05 Å². The SMILES string of the molecule is CCCNC(Cc1ccoc1)c1c(C)nn(C)c1C. The molecule has 104 valence electrons. The molecule has 4 heteroatoms. The van der Waals surface area contributed by atoms with Gasteiger partial charge in [-0.1, -0.05) is 6.92 Å². The van der Waals surface area contributed by atoms with Crippen molar-refractivity contribution in [2.75, 3.05) is 6.54 Å². The fraction of sp³-hybridized carbons (Fsp3) is 0.533. The van der Waals surface area contributed by atoms with Crippen LogP contribution < -0.4 is 5.32 Å². The molecule has 0 aromatic carbocycles. The lowest BCUT2D eigenvalue weighted by Gasteiger charge is -2.18. The molecule has 1 N–H and O–H groups in total. The third kappa shape index (κ3) is 3.07. The van der Waals surface area contributed by atoms with E-state index in [0.29, 0.717) is 6.04 Å². The van der Waals surface area contributed by atoms with Gasteiger partial charge >= 0.3 is 0 Å². The van der Waals surface area contributed by atoms with Crippen LogP contribution in [0.5, 0.6) is 0 Å². The van der Waals surface area contributed by atoms with Gasteiger partial charge in [0.2, 0.25) is 0 Å². The van der Waals surface area contributed by atoms with E-state index in [9.17, 15) is 0 Å². The minimum atomic E-state index is 0.297. The fourth-order valence-corrected chi connectivity index (χ4v) is 2.53. The van der Waals surface area contributed by atoms with Gasteiger partial charge in [-0.05, 0) is 44.9 Å². The van der Waals surface area contributed by atoms with Gasteiger partial charge in [0.15, 0.2) is 0 Å². The van der Waals surface area contributed by atoms with Gasteiger partial charge in [-0.15, -0.1) is 0 Å². The van der Waals surface area contributed by atoms with Crippen LogP contribution in [-0.4, -0.2) is 16.3 Å². The maximum atomic E-state index is 5.17. The first kappa shape index (κ1) is 13.9. The number of hydrogen-bond donors (Lipinski definition) is 1. The van der Waals surface area contributed by atoms with Gasteiger partial charge in [-0.25, -0.2) is 0 Å². The largest absolute Gasteiger partial charge is 0.472 e. The zero-order valence-corrected chi connectivity index (χ0v) is 12.2. The van der Waals surface area contributed by atoms with Crippen molar-refractivity contribution in [1.29, 1.82) is 0 Å². The van der Waals surface area contributed by atoms with Crippen LogP contribution in [0.4, 0.5) is 0 Å². The highest BCUT2D eigenvalue weighted by atomic mass is 16.3. The highest BCUT2D eigenvalue weighted by Crippen LogP contribution is 2.24. The molecular weight excluding hydrogens is 238 g/mol. The molecule has 0 radical (unpaired) electrons. The van der Waals surface area contributed by atoms with Gasteiger partial charge < -0.3 is 9.73 Å². The predicted molar refractivity (Wildman–Crippen MR) is 76.1 cm³/mol. The lowest BCUT2D eigenvalue weighted by atomic mass is 9.98. The molecule has 4 nitrogen and oxygen atoms in total. The summed E-state index contributed by atoms with van der Waals surface area (Å²) < 4.78 is 7.13. The van der Waals surface area contributed by atoms with E-state index >= 15 is 0 Å². The molecule has 0 aliphatic heterocycles. The Hall–Kier alpha value is -1.55. The van der Waals surface area contributed by atoms with Crippen molar-refractivity contribution in [3.63, 3.8) is 0 Å². The van der Waals surface area contributed by atoms with E-state index in [0.717, 1.165) is 25.1 Å². The fourth-order valence-electron chi connectivity index (χ4n) is 2.53. The molecule has 2 aromatic heterocycles. The standard InChI is InChI=1S/C15H23N3O/c1-5-7-16-14(9-13-6-8-19-10-13)15-11(2)17-18(4)12(15)3/h6,8,10,14,16H,5,7,9H2,1-4H3. The summed E-state index contributed by atoms with van der Waals surface area (Å²) in [6.45, 7) is 7.41. The zero-order valence-electron chi connectivity index (χ0n) is 12.2. The second-order valence-electron chi connectivity index (χ2n) is 5.05. The first-order valence-corrected chi connectivity index (χ1v) is 6.88. The Labute approximate surface area is 114 Å². The summed E-state index contributed by atoms with van der Waals surface area (Å²) in [6.07, 6.45) is 5.61. The van der Waals surface area contributed by atoms with Crippen molar-refractivity contribution in [3.05, 3.63) is 41.1 Å². The second kappa shape index (κ2) is 6.06. The van der Waals surface area contributed by atoms with Crippen LogP contribution in [0.2, 0.25) is 0 Å². The van der Waals surface area contributed by atoms with Gasteiger partial charge in [0.05, 0.1) is 18.2 Å². The van der Waals surface area contributed by atoms with E-state index in [4.69, 9.17) is 4.42 Å². The van der Waals surface area contributed by atoms with E-state index in [1.165, 1.54) is 16.8 Å². The van der Waals surface area contributed by atoms with Crippen LogP contribution in [0.15, 0.2) is 23.0 Å². The summed E-state index contributed by atoms with van der Waals surface area (Å²) in [4.78, 5) is 0. The summed E-state index contributed by atoms with van der Waals surface area (Å²) in [5.74, 6) is 0. The first-order valence-electron chi connectivity index (χ1n) is 6.88. The molecule has 0 amide bonds. The monoisotopic (exact) mass is 261 g/mol. The molecule has 0 aliphatic rings. The van der Waals surface area contributed by atoms with Crippen molar-refractivity contribution in [2.45, 2.75) is 39.7 Å². The Bertz CT molecular complexity index is 514. The van der Waals surface area contributed by atoms with Gasteiger partial charge in [-0.2, -0.15) is 5.10 Å². The molecule has 1 unspecified atom stereocenters. The molecule has 1 atom stereocenters. The summed E-state index contributed by atoms with van der Waals surface area (Å²) in [7, 11) is 2.00. The Morgan fingerprint density at radius 3 is 2.74 bits per heavy atom. The molecule has 2 rings (SSSR count). The summed E-state index contributed by atoms with van der Waals surface area (Å²) in [5.41, 5.74) is 4.88. The van der Waals surface area contributed by atoms with Gasteiger partial charge in [0.1, 0.15) is 0 Å². The first-order chi connectivity index (χ1) is 9.13. The smallest absolute Gasteiger partial charge is 0.0935 e.